The number of rotatable bonds is 1. The van der Waals surface area contributed by atoms with Gasteiger partial charge in [0.1, 0.15) is 0 Å². The fourth-order valence-corrected chi connectivity index (χ4v) is 3.22. The van der Waals surface area contributed by atoms with Crippen LogP contribution in [0.2, 0.25) is 0 Å². The number of pyridine rings is 1. The van der Waals surface area contributed by atoms with Gasteiger partial charge in [0.2, 0.25) is 5.88 Å². The van der Waals surface area contributed by atoms with Crippen LogP contribution in [0.5, 0.6) is 5.88 Å². The maximum Gasteiger partial charge on any atom is 0.224 e. The average Bonchev–Trinajstić information content (AvgIpc) is 2.85. The Labute approximate surface area is 130 Å². The van der Waals surface area contributed by atoms with Crippen molar-refractivity contribution < 1.29 is 5.11 Å². The van der Waals surface area contributed by atoms with Crippen LogP contribution < -0.4 is 0 Å². The topological polar surface area (TPSA) is 50.9 Å². The predicted octanol–water partition coefficient (Wildman–Crippen LogP) is 3.50. The quantitative estimate of drug-likeness (QED) is 0.736. The summed E-state index contributed by atoms with van der Waals surface area (Å²) in [6, 6.07) is 11.7. The van der Waals surface area contributed by atoms with Gasteiger partial charge in [-0.3, -0.25) is 0 Å². The van der Waals surface area contributed by atoms with Gasteiger partial charge in [0.05, 0.1) is 11.3 Å². The summed E-state index contributed by atoms with van der Waals surface area (Å²) in [5.74, 6) is 0.787. The summed E-state index contributed by atoms with van der Waals surface area (Å²) >= 11 is 3.50. The molecule has 1 aromatic carbocycles. The van der Waals surface area contributed by atoms with E-state index in [0.717, 1.165) is 34.1 Å². The second-order valence-electron chi connectivity index (χ2n) is 5.05. The summed E-state index contributed by atoms with van der Waals surface area (Å²) in [7, 11) is 0. The van der Waals surface area contributed by atoms with Gasteiger partial charge >= 0.3 is 0 Å². The molecule has 0 fully saturated rings. The molecule has 1 N–H and O–H groups in total. The van der Waals surface area contributed by atoms with Gasteiger partial charge in [-0.15, -0.1) is 0 Å². The number of hydrogen-bond acceptors (Lipinski definition) is 3. The minimum atomic E-state index is 0.159. The van der Waals surface area contributed by atoms with Gasteiger partial charge in [0.25, 0.3) is 0 Å². The molecular weight excluding hydrogens is 330 g/mol. The molecule has 21 heavy (non-hydrogen) atoms. The summed E-state index contributed by atoms with van der Waals surface area (Å²) in [5, 5.41) is 15.1. The molecule has 0 amide bonds. The van der Waals surface area contributed by atoms with Crippen LogP contribution in [0.25, 0.3) is 16.9 Å². The molecule has 0 atom stereocenters. The van der Waals surface area contributed by atoms with E-state index in [2.05, 4.69) is 32.1 Å². The Morgan fingerprint density at radius 1 is 1.14 bits per heavy atom. The number of benzene rings is 1. The first kappa shape index (κ1) is 12.6. The summed E-state index contributed by atoms with van der Waals surface area (Å²) in [4.78, 5) is 4.26. The molecule has 1 aliphatic carbocycles. The zero-order valence-corrected chi connectivity index (χ0v) is 12.7. The van der Waals surface area contributed by atoms with Crippen molar-refractivity contribution in [3.8, 4) is 22.8 Å². The Bertz CT molecular complexity index is 827. The fourth-order valence-electron chi connectivity index (χ4n) is 2.81. The number of aryl methyl sites for hydroxylation is 2. The normalized spacial score (nSPS) is 12.8. The molecule has 5 heteroatoms. The van der Waals surface area contributed by atoms with Gasteiger partial charge in [-0.05, 0) is 48.2 Å². The van der Waals surface area contributed by atoms with Crippen molar-refractivity contribution >= 4 is 15.9 Å². The van der Waals surface area contributed by atoms with Gasteiger partial charge < -0.3 is 5.11 Å². The minimum Gasteiger partial charge on any atom is -0.493 e. The summed E-state index contributed by atoms with van der Waals surface area (Å²) in [5.41, 5.74) is 4.04. The molecule has 4 nitrogen and oxygen atoms in total. The molecule has 0 bridgehead atoms. The lowest BCUT2D eigenvalue weighted by Crippen LogP contribution is -2.03. The van der Waals surface area contributed by atoms with E-state index >= 15 is 0 Å². The van der Waals surface area contributed by atoms with Crippen molar-refractivity contribution in [2.24, 2.45) is 0 Å². The molecule has 3 aromatic rings. The van der Waals surface area contributed by atoms with E-state index in [4.69, 9.17) is 0 Å². The van der Waals surface area contributed by atoms with Crippen molar-refractivity contribution in [3.05, 3.63) is 58.3 Å². The Kier molecular flexibility index (Phi) is 2.82. The number of hydrogen-bond donors (Lipinski definition) is 1. The van der Waals surface area contributed by atoms with E-state index in [1.54, 1.807) is 6.20 Å². The molecule has 2 heterocycles. The molecule has 0 spiro atoms. The molecule has 0 saturated heterocycles. The molecule has 0 saturated carbocycles. The highest BCUT2D eigenvalue weighted by Crippen LogP contribution is 2.40. The van der Waals surface area contributed by atoms with Crippen LogP contribution in [0.15, 0.2) is 47.1 Å². The minimum absolute atomic E-state index is 0.159. The lowest BCUT2D eigenvalue weighted by atomic mass is 9.90. The second-order valence-corrected chi connectivity index (χ2v) is 5.96. The molecule has 0 radical (unpaired) electrons. The van der Waals surface area contributed by atoms with Crippen molar-refractivity contribution in [1.82, 2.24) is 14.8 Å². The van der Waals surface area contributed by atoms with E-state index in [1.807, 2.05) is 30.3 Å². The molecule has 0 aliphatic heterocycles. The van der Waals surface area contributed by atoms with E-state index in [9.17, 15) is 5.11 Å². The highest BCUT2D eigenvalue weighted by molar-refractivity contribution is 9.10. The van der Waals surface area contributed by atoms with E-state index < -0.39 is 0 Å². The van der Waals surface area contributed by atoms with Crippen LogP contribution in [0.4, 0.5) is 0 Å². The summed E-state index contributed by atoms with van der Waals surface area (Å²) < 4.78 is 2.57. The number of halogens is 1. The zero-order chi connectivity index (χ0) is 14.4. The first-order valence-electron chi connectivity index (χ1n) is 6.75. The standard InChI is InChI=1S/C16H12BrN3O/c17-11-5-6-12-10(9-11)4-7-13-15(12)16(21)20(19-13)14-3-1-2-8-18-14/h1-3,5-6,8-9,21H,4,7H2. The average molecular weight is 342 g/mol. The van der Waals surface area contributed by atoms with Gasteiger partial charge in [-0.2, -0.15) is 9.78 Å². The van der Waals surface area contributed by atoms with Gasteiger partial charge in [-0.1, -0.05) is 28.1 Å². The van der Waals surface area contributed by atoms with Crippen LogP contribution in [0, 0.1) is 0 Å². The molecule has 1 aliphatic rings. The van der Waals surface area contributed by atoms with E-state index in [-0.39, 0.29) is 5.88 Å². The van der Waals surface area contributed by atoms with Crippen LogP contribution in [-0.4, -0.2) is 19.9 Å². The van der Waals surface area contributed by atoms with E-state index in [1.165, 1.54) is 10.2 Å². The second kappa shape index (κ2) is 4.70. The Morgan fingerprint density at radius 3 is 2.86 bits per heavy atom. The van der Waals surface area contributed by atoms with Gasteiger partial charge in [0, 0.05) is 10.7 Å². The van der Waals surface area contributed by atoms with Crippen LogP contribution in [-0.2, 0) is 12.8 Å². The first-order valence-corrected chi connectivity index (χ1v) is 7.54. The van der Waals surface area contributed by atoms with Gasteiger partial charge in [-0.25, -0.2) is 4.98 Å². The van der Waals surface area contributed by atoms with E-state index in [0.29, 0.717) is 5.82 Å². The number of aromatic nitrogens is 3. The van der Waals surface area contributed by atoms with Gasteiger partial charge in [0.15, 0.2) is 5.82 Å². The number of fused-ring (bicyclic) bond motifs is 3. The molecule has 104 valence electrons. The third-order valence-electron chi connectivity index (χ3n) is 3.77. The SMILES string of the molecule is Oc1c2c(nn1-c1ccccn1)CCc1cc(Br)ccc1-2. The monoisotopic (exact) mass is 341 g/mol. The van der Waals surface area contributed by atoms with Crippen LogP contribution >= 0.6 is 15.9 Å². The largest absolute Gasteiger partial charge is 0.493 e. The Morgan fingerprint density at radius 2 is 2.05 bits per heavy atom. The predicted molar refractivity (Wildman–Crippen MR) is 83.6 cm³/mol. The van der Waals surface area contributed by atoms with Crippen LogP contribution in [0.1, 0.15) is 11.3 Å². The molecule has 2 aromatic heterocycles. The maximum atomic E-state index is 10.6. The van der Waals surface area contributed by atoms with Crippen molar-refractivity contribution in [3.63, 3.8) is 0 Å². The fraction of sp³-hybridized carbons (Fsp3) is 0.125. The summed E-state index contributed by atoms with van der Waals surface area (Å²) in [6.45, 7) is 0. The van der Waals surface area contributed by atoms with Crippen LogP contribution in [0.3, 0.4) is 0 Å². The lowest BCUT2D eigenvalue weighted by Gasteiger charge is -2.15. The highest BCUT2D eigenvalue weighted by Gasteiger charge is 2.25. The van der Waals surface area contributed by atoms with Crippen molar-refractivity contribution in [1.29, 1.82) is 0 Å². The molecular formula is C16H12BrN3O. The smallest absolute Gasteiger partial charge is 0.224 e. The molecule has 0 unspecified atom stereocenters. The van der Waals surface area contributed by atoms with Crippen molar-refractivity contribution in [2.45, 2.75) is 12.8 Å². The Balaban J connectivity index is 1.93. The third-order valence-corrected chi connectivity index (χ3v) is 4.26. The highest BCUT2D eigenvalue weighted by atomic mass is 79.9. The summed E-state index contributed by atoms with van der Waals surface area (Å²) in [6.07, 6.45) is 3.45. The number of nitrogens with zero attached hydrogens (tertiary/aromatic N) is 3. The first-order chi connectivity index (χ1) is 10.2. The lowest BCUT2D eigenvalue weighted by molar-refractivity contribution is 0.433. The van der Waals surface area contributed by atoms with Crippen molar-refractivity contribution in [2.75, 3.05) is 0 Å². The number of aromatic hydroxyl groups is 1. The Hall–Kier alpha value is -2.14. The zero-order valence-electron chi connectivity index (χ0n) is 11.1. The third kappa shape index (κ3) is 1.96. The molecule has 4 rings (SSSR count). The maximum absolute atomic E-state index is 10.6.